The van der Waals surface area contributed by atoms with Crippen LogP contribution in [-0.2, 0) is 0 Å². The van der Waals surface area contributed by atoms with Gasteiger partial charge < -0.3 is 9.47 Å². The van der Waals surface area contributed by atoms with E-state index >= 15 is 0 Å². The number of hydrogen-bond donors (Lipinski definition) is 0. The highest BCUT2D eigenvalue weighted by atomic mass is 19.1. The number of carbonyl (C=O) groups is 2. The number of methoxy groups -OCH3 is 1. The van der Waals surface area contributed by atoms with Gasteiger partial charge in [-0.3, -0.25) is 4.79 Å². The molecule has 0 amide bonds. The van der Waals surface area contributed by atoms with Crippen molar-refractivity contribution >= 4 is 17.8 Å². The van der Waals surface area contributed by atoms with Crippen LogP contribution in [0.1, 0.15) is 26.3 Å². The number of ether oxygens (including phenoxy) is 2. The Morgan fingerprint density at radius 2 is 1.50 bits per heavy atom. The quantitative estimate of drug-likeness (QED) is 0.264. The zero-order chi connectivity index (χ0) is 19.9. The molecule has 0 radical (unpaired) electrons. The van der Waals surface area contributed by atoms with E-state index in [-0.39, 0.29) is 11.3 Å². The van der Waals surface area contributed by atoms with Crippen molar-refractivity contribution in [3.05, 3.63) is 101 Å². The fraction of sp³-hybridized carbons (Fsp3) is 0.0435. The summed E-state index contributed by atoms with van der Waals surface area (Å²) in [7, 11) is 1.57. The second-order valence-corrected chi connectivity index (χ2v) is 5.86. The van der Waals surface area contributed by atoms with E-state index in [1.54, 1.807) is 25.3 Å². The lowest BCUT2D eigenvalue weighted by atomic mass is 10.1. The maximum atomic E-state index is 12.9. The minimum absolute atomic E-state index is 0.192. The summed E-state index contributed by atoms with van der Waals surface area (Å²) in [4.78, 5) is 24.4. The predicted octanol–water partition coefficient (Wildman–Crippen LogP) is 4.95. The topological polar surface area (TPSA) is 52.6 Å². The van der Waals surface area contributed by atoms with Crippen LogP contribution in [-0.4, -0.2) is 18.9 Å². The number of benzene rings is 3. The average molecular weight is 376 g/mol. The Bertz CT molecular complexity index is 1010. The van der Waals surface area contributed by atoms with Crippen molar-refractivity contribution in [2.75, 3.05) is 7.11 Å². The summed E-state index contributed by atoms with van der Waals surface area (Å²) in [5.74, 6) is -0.257. The first kappa shape index (κ1) is 19.0. The Balaban J connectivity index is 1.66. The first-order chi connectivity index (χ1) is 13.6. The minimum atomic E-state index is -0.602. The van der Waals surface area contributed by atoms with E-state index in [4.69, 9.17) is 9.47 Å². The molecule has 0 saturated heterocycles. The maximum Gasteiger partial charge on any atom is 0.343 e. The molecule has 0 unspecified atom stereocenters. The number of para-hydroxylation sites is 1. The van der Waals surface area contributed by atoms with Crippen LogP contribution in [0.2, 0.25) is 0 Å². The van der Waals surface area contributed by atoms with Crippen molar-refractivity contribution in [2.45, 2.75) is 0 Å². The molecule has 0 heterocycles. The molecule has 0 N–H and O–H groups in total. The molecule has 0 saturated carbocycles. The van der Waals surface area contributed by atoms with E-state index in [0.717, 1.165) is 5.56 Å². The van der Waals surface area contributed by atoms with Gasteiger partial charge in [0, 0.05) is 11.1 Å². The second kappa shape index (κ2) is 8.77. The van der Waals surface area contributed by atoms with Crippen LogP contribution < -0.4 is 9.47 Å². The zero-order valence-corrected chi connectivity index (χ0v) is 15.1. The van der Waals surface area contributed by atoms with Gasteiger partial charge in [0.05, 0.1) is 12.7 Å². The van der Waals surface area contributed by atoms with Gasteiger partial charge in [0.25, 0.3) is 0 Å². The highest BCUT2D eigenvalue weighted by molar-refractivity contribution is 6.07. The van der Waals surface area contributed by atoms with Gasteiger partial charge in [-0.1, -0.05) is 18.2 Å². The lowest BCUT2D eigenvalue weighted by molar-refractivity contribution is 0.0734. The minimum Gasteiger partial charge on any atom is -0.496 e. The molecule has 0 bridgehead atoms. The van der Waals surface area contributed by atoms with Crippen LogP contribution in [0.25, 0.3) is 6.08 Å². The molecule has 0 atom stereocenters. The summed E-state index contributed by atoms with van der Waals surface area (Å²) in [5.41, 5.74) is 1.48. The van der Waals surface area contributed by atoms with E-state index < -0.39 is 11.8 Å². The average Bonchev–Trinajstić information content (AvgIpc) is 2.73. The van der Waals surface area contributed by atoms with E-state index in [0.29, 0.717) is 17.1 Å². The highest BCUT2D eigenvalue weighted by Gasteiger charge is 2.09. The third-order valence-electron chi connectivity index (χ3n) is 3.98. The summed E-state index contributed by atoms with van der Waals surface area (Å²) >= 11 is 0. The van der Waals surface area contributed by atoms with Crippen molar-refractivity contribution in [2.24, 2.45) is 0 Å². The highest BCUT2D eigenvalue weighted by Crippen LogP contribution is 2.20. The van der Waals surface area contributed by atoms with Crippen molar-refractivity contribution in [3.63, 3.8) is 0 Å². The molecule has 3 aromatic rings. The largest absolute Gasteiger partial charge is 0.496 e. The standard InChI is InChI=1S/C23H17FO4/c1-27-22-5-3-2-4-17(22)10-15-21(25)16-8-13-20(14-9-16)28-23(26)18-6-11-19(24)12-7-18/h2-15H,1H3/b15-10+. The van der Waals surface area contributed by atoms with Crippen molar-refractivity contribution < 1.29 is 23.5 Å². The van der Waals surface area contributed by atoms with Crippen LogP contribution in [0, 0.1) is 5.82 Å². The smallest absolute Gasteiger partial charge is 0.343 e. The monoisotopic (exact) mass is 376 g/mol. The number of esters is 1. The summed E-state index contributed by atoms with van der Waals surface area (Å²) in [6, 6.07) is 18.6. The predicted molar refractivity (Wildman–Crippen MR) is 104 cm³/mol. The molecule has 3 rings (SSSR count). The maximum absolute atomic E-state index is 12.9. The Kier molecular flexibility index (Phi) is 5.97. The van der Waals surface area contributed by atoms with Gasteiger partial charge in [0.2, 0.25) is 0 Å². The number of rotatable bonds is 6. The third kappa shape index (κ3) is 4.71. The summed E-state index contributed by atoms with van der Waals surface area (Å²) in [5, 5.41) is 0. The first-order valence-electron chi connectivity index (χ1n) is 8.50. The Morgan fingerprint density at radius 1 is 0.857 bits per heavy atom. The third-order valence-corrected chi connectivity index (χ3v) is 3.98. The zero-order valence-electron chi connectivity index (χ0n) is 15.1. The normalized spacial score (nSPS) is 10.6. The summed E-state index contributed by atoms with van der Waals surface area (Å²) in [6.45, 7) is 0. The van der Waals surface area contributed by atoms with Gasteiger partial charge in [0.1, 0.15) is 17.3 Å². The van der Waals surface area contributed by atoms with E-state index in [9.17, 15) is 14.0 Å². The summed E-state index contributed by atoms with van der Waals surface area (Å²) < 4.78 is 23.4. The molecular weight excluding hydrogens is 359 g/mol. The van der Waals surface area contributed by atoms with Crippen molar-refractivity contribution in [3.8, 4) is 11.5 Å². The molecule has 5 heteroatoms. The van der Waals surface area contributed by atoms with Gasteiger partial charge in [-0.15, -0.1) is 0 Å². The molecule has 0 fully saturated rings. The molecule has 140 valence electrons. The Morgan fingerprint density at radius 3 is 2.18 bits per heavy atom. The Labute approximate surface area is 161 Å². The summed E-state index contributed by atoms with van der Waals surface area (Å²) in [6.07, 6.45) is 3.14. The molecule has 0 aromatic heterocycles. The molecule has 0 aliphatic carbocycles. The molecule has 0 spiro atoms. The molecule has 4 nitrogen and oxygen atoms in total. The number of allylic oxidation sites excluding steroid dienone is 1. The van der Waals surface area contributed by atoms with Gasteiger partial charge in [-0.2, -0.15) is 0 Å². The second-order valence-electron chi connectivity index (χ2n) is 5.86. The van der Waals surface area contributed by atoms with Crippen LogP contribution in [0.4, 0.5) is 4.39 Å². The molecular formula is C23H17FO4. The molecule has 0 aliphatic heterocycles. The van der Waals surface area contributed by atoms with Crippen molar-refractivity contribution in [1.82, 2.24) is 0 Å². The lowest BCUT2D eigenvalue weighted by Gasteiger charge is -2.05. The van der Waals surface area contributed by atoms with Gasteiger partial charge in [-0.05, 0) is 66.7 Å². The van der Waals surface area contributed by atoms with Gasteiger partial charge in [0.15, 0.2) is 5.78 Å². The van der Waals surface area contributed by atoms with Crippen LogP contribution in [0.3, 0.4) is 0 Å². The Hall–Kier alpha value is -3.73. The van der Waals surface area contributed by atoms with E-state index in [1.807, 2.05) is 24.3 Å². The number of carbonyl (C=O) groups excluding carboxylic acids is 2. The molecule has 0 aliphatic rings. The van der Waals surface area contributed by atoms with Crippen molar-refractivity contribution in [1.29, 1.82) is 0 Å². The van der Waals surface area contributed by atoms with Crippen LogP contribution in [0.5, 0.6) is 11.5 Å². The number of hydrogen-bond acceptors (Lipinski definition) is 4. The SMILES string of the molecule is COc1ccccc1/C=C/C(=O)c1ccc(OC(=O)c2ccc(F)cc2)cc1. The van der Waals surface area contributed by atoms with Gasteiger partial charge >= 0.3 is 5.97 Å². The fourth-order valence-electron chi connectivity index (χ4n) is 2.50. The number of ketones is 1. The van der Waals surface area contributed by atoms with E-state index in [2.05, 4.69) is 0 Å². The molecule has 28 heavy (non-hydrogen) atoms. The van der Waals surface area contributed by atoms with E-state index in [1.165, 1.54) is 42.5 Å². The van der Waals surface area contributed by atoms with Gasteiger partial charge in [-0.25, -0.2) is 9.18 Å². The fourth-order valence-corrected chi connectivity index (χ4v) is 2.50. The van der Waals surface area contributed by atoms with Crippen LogP contribution >= 0.6 is 0 Å². The number of halogens is 1. The lowest BCUT2D eigenvalue weighted by Crippen LogP contribution is -2.08. The molecule has 3 aromatic carbocycles. The first-order valence-corrected chi connectivity index (χ1v) is 8.50. The van der Waals surface area contributed by atoms with Crippen LogP contribution in [0.15, 0.2) is 78.9 Å².